The van der Waals surface area contributed by atoms with Gasteiger partial charge in [0, 0.05) is 38.9 Å². The van der Waals surface area contributed by atoms with Gasteiger partial charge in [0.05, 0.1) is 11.4 Å². The Bertz CT molecular complexity index is 2290. The zero-order valence-electron chi connectivity index (χ0n) is 27.7. The van der Waals surface area contributed by atoms with Gasteiger partial charge < -0.3 is 9.80 Å². The van der Waals surface area contributed by atoms with Crippen molar-refractivity contribution in [3.8, 4) is 11.1 Å². The average molecular weight is 629 g/mol. The highest BCUT2D eigenvalue weighted by Crippen LogP contribution is 2.53. The van der Waals surface area contributed by atoms with Crippen LogP contribution in [0.3, 0.4) is 0 Å². The molecule has 0 aliphatic heterocycles. The maximum atomic E-state index is 2.41. The van der Waals surface area contributed by atoms with Crippen LogP contribution in [0, 0.1) is 0 Å². The lowest BCUT2D eigenvalue weighted by molar-refractivity contribution is 0.660. The molecule has 0 N–H and O–H groups in total. The van der Waals surface area contributed by atoms with Crippen LogP contribution in [0.25, 0.3) is 32.7 Å². The normalized spacial score (nSPS) is 12.9. The Hall–Kier alpha value is -6.12. The summed E-state index contributed by atoms with van der Waals surface area (Å²) < 4.78 is 0. The number of para-hydroxylation sites is 2. The van der Waals surface area contributed by atoms with Crippen molar-refractivity contribution in [1.82, 2.24) is 0 Å². The molecular weight excluding hydrogens is 593 g/mol. The molecule has 2 heteroatoms. The molecule has 0 saturated carbocycles. The minimum Gasteiger partial charge on any atom is -0.310 e. The molecule has 49 heavy (non-hydrogen) atoms. The Balaban J connectivity index is 1.25. The van der Waals surface area contributed by atoms with E-state index in [1.54, 1.807) is 0 Å². The lowest BCUT2D eigenvalue weighted by atomic mass is 9.82. The molecule has 0 bridgehead atoms. The molecule has 1 aliphatic carbocycles. The van der Waals surface area contributed by atoms with Gasteiger partial charge in [0.15, 0.2) is 0 Å². The van der Waals surface area contributed by atoms with Crippen molar-refractivity contribution in [3.05, 3.63) is 193 Å². The second-order valence-corrected chi connectivity index (χ2v) is 13.4. The Kier molecular flexibility index (Phi) is 6.84. The molecular formula is C47H36N2. The summed E-state index contributed by atoms with van der Waals surface area (Å²) in [6.45, 7) is 4.71. The Morgan fingerprint density at radius 2 is 0.735 bits per heavy atom. The maximum Gasteiger partial charge on any atom is 0.0540 e. The molecule has 0 spiro atoms. The lowest BCUT2D eigenvalue weighted by Gasteiger charge is -2.28. The minimum atomic E-state index is -0.129. The van der Waals surface area contributed by atoms with Gasteiger partial charge in [-0.1, -0.05) is 135 Å². The van der Waals surface area contributed by atoms with E-state index >= 15 is 0 Å². The molecule has 234 valence electrons. The van der Waals surface area contributed by atoms with Crippen LogP contribution in [0.4, 0.5) is 34.1 Å². The average Bonchev–Trinajstić information content (AvgIpc) is 3.38. The smallest absolute Gasteiger partial charge is 0.0540 e. The summed E-state index contributed by atoms with van der Waals surface area (Å²) in [4.78, 5) is 4.81. The molecule has 0 unspecified atom stereocenters. The van der Waals surface area contributed by atoms with Crippen molar-refractivity contribution in [1.29, 1.82) is 0 Å². The molecule has 2 nitrogen and oxygen atoms in total. The molecule has 0 fully saturated rings. The number of benzene rings is 8. The van der Waals surface area contributed by atoms with Crippen molar-refractivity contribution < 1.29 is 0 Å². The number of rotatable bonds is 6. The van der Waals surface area contributed by atoms with Crippen LogP contribution < -0.4 is 9.80 Å². The molecule has 0 aromatic heterocycles. The Labute approximate surface area is 288 Å². The highest BCUT2D eigenvalue weighted by Gasteiger charge is 2.36. The van der Waals surface area contributed by atoms with Crippen molar-refractivity contribution in [3.63, 3.8) is 0 Å². The van der Waals surface area contributed by atoms with Crippen molar-refractivity contribution in [2.24, 2.45) is 0 Å². The highest BCUT2D eigenvalue weighted by atomic mass is 15.1. The van der Waals surface area contributed by atoms with E-state index in [2.05, 4.69) is 206 Å². The van der Waals surface area contributed by atoms with Gasteiger partial charge in [-0.15, -0.1) is 0 Å². The van der Waals surface area contributed by atoms with E-state index in [-0.39, 0.29) is 5.41 Å². The van der Waals surface area contributed by atoms with Crippen LogP contribution in [0.1, 0.15) is 25.0 Å². The van der Waals surface area contributed by atoms with Gasteiger partial charge in [-0.2, -0.15) is 0 Å². The van der Waals surface area contributed by atoms with Crippen LogP contribution in [-0.2, 0) is 5.41 Å². The predicted octanol–water partition coefficient (Wildman–Crippen LogP) is 13.2. The summed E-state index contributed by atoms with van der Waals surface area (Å²) in [6.07, 6.45) is 0. The van der Waals surface area contributed by atoms with E-state index in [0.29, 0.717) is 0 Å². The first-order valence-electron chi connectivity index (χ1n) is 17.0. The fourth-order valence-electron chi connectivity index (χ4n) is 7.84. The van der Waals surface area contributed by atoms with Crippen LogP contribution >= 0.6 is 0 Å². The van der Waals surface area contributed by atoms with Gasteiger partial charge in [0.2, 0.25) is 0 Å². The first kappa shape index (κ1) is 29.1. The highest BCUT2D eigenvalue weighted by molar-refractivity contribution is 6.01. The van der Waals surface area contributed by atoms with Gasteiger partial charge in [0.25, 0.3) is 0 Å². The third kappa shape index (κ3) is 4.79. The third-order valence-corrected chi connectivity index (χ3v) is 10.2. The Morgan fingerprint density at radius 1 is 0.347 bits per heavy atom. The quantitative estimate of drug-likeness (QED) is 0.181. The molecule has 8 aromatic carbocycles. The summed E-state index contributed by atoms with van der Waals surface area (Å²) in [6, 6.07) is 66.1. The SMILES string of the molecule is CC1(C)c2ccc(N(c3ccccc3)c3cccc4ccccc34)cc2-c2cc(N(c3ccccc3)c3cccc4ccccc34)ccc21. The fourth-order valence-corrected chi connectivity index (χ4v) is 7.84. The van der Waals surface area contributed by atoms with Crippen LogP contribution in [-0.4, -0.2) is 0 Å². The molecule has 1 aliphatic rings. The van der Waals surface area contributed by atoms with E-state index in [4.69, 9.17) is 0 Å². The second kappa shape index (κ2) is 11.5. The number of anilines is 6. The second-order valence-electron chi connectivity index (χ2n) is 13.4. The van der Waals surface area contributed by atoms with E-state index in [9.17, 15) is 0 Å². The molecule has 0 saturated heterocycles. The molecule has 0 atom stereocenters. The predicted molar refractivity (Wildman–Crippen MR) is 208 cm³/mol. The van der Waals surface area contributed by atoms with Gasteiger partial charge in [-0.3, -0.25) is 0 Å². The van der Waals surface area contributed by atoms with Gasteiger partial charge >= 0.3 is 0 Å². The zero-order valence-corrected chi connectivity index (χ0v) is 27.7. The van der Waals surface area contributed by atoms with Gasteiger partial charge in [0.1, 0.15) is 0 Å². The molecule has 0 radical (unpaired) electrons. The van der Waals surface area contributed by atoms with Gasteiger partial charge in [-0.05, 0) is 93.7 Å². The monoisotopic (exact) mass is 628 g/mol. The standard InChI is InChI=1S/C47H36N2/c1-47(2)43-29-27-37(48(35-19-5-3-6-20-35)45-25-13-17-33-15-9-11-23-39(33)45)31-41(43)42-32-38(28-30-44(42)47)49(36-21-7-4-8-22-36)46-26-14-18-34-16-10-12-24-40(34)46/h3-32H,1-2H3. The van der Waals surface area contributed by atoms with Gasteiger partial charge in [-0.25, -0.2) is 0 Å². The number of hydrogen-bond acceptors (Lipinski definition) is 2. The van der Waals surface area contributed by atoms with Crippen LogP contribution in [0.2, 0.25) is 0 Å². The van der Waals surface area contributed by atoms with E-state index in [0.717, 1.165) is 22.7 Å². The molecule has 0 heterocycles. The summed E-state index contributed by atoms with van der Waals surface area (Å²) in [7, 11) is 0. The fraction of sp³-hybridized carbons (Fsp3) is 0.0638. The molecule has 0 amide bonds. The summed E-state index contributed by atoms with van der Waals surface area (Å²) >= 11 is 0. The topological polar surface area (TPSA) is 6.48 Å². The Morgan fingerprint density at radius 3 is 1.18 bits per heavy atom. The van der Waals surface area contributed by atoms with Crippen LogP contribution in [0.5, 0.6) is 0 Å². The molecule has 9 rings (SSSR count). The molecule has 8 aromatic rings. The van der Waals surface area contributed by atoms with E-state index in [1.165, 1.54) is 55.2 Å². The van der Waals surface area contributed by atoms with Crippen molar-refractivity contribution in [2.45, 2.75) is 19.3 Å². The van der Waals surface area contributed by atoms with Crippen molar-refractivity contribution in [2.75, 3.05) is 9.80 Å². The van der Waals surface area contributed by atoms with E-state index < -0.39 is 0 Å². The van der Waals surface area contributed by atoms with E-state index in [1.807, 2.05) is 0 Å². The lowest BCUT2D eigenvalue weighted by Crippen LogP contribution is -2.16. The summed E-state index contributed by atoms with van der Waals surface area (Å²) in [5.41, 5.74) is 12.0. The first-order valence-corrected chi connectivity index (χ1v) is 17.0. The van der Waals surface area contributed by atoms with Crippen molar-refractivity contribution >= 4 is 55.7 Å². The number of fused-ring (bicyclic) bond motifs is 5. The maximum absolute atomic E-state index is 2.41. The minimum absolute atomic E-state index is 0.129. The zero-order chi connectivity index (χ0) is 33.0. The number of nitrogens with zero attached hydrogens (tertiary/aromatic N) is 2. The van der Waals surface area contributed by atoms with Crippen LogP contribution in [0.15, 0.2) is 182 Å². The summed E-state index contributed by atoms with van der Waals surface area (Å²) in [5.74, 6) is 0. The largest absolute Gasteiger partial charge is 0.310 e. The number of hydrogen-bond donors (Lipinski definition) is 0. The first-order chi connectivity index (χ1) is 24.1. The third-order valence-electron chi connectivity index (χ3n) is 10.2. The summed E-state index contributed by atoms with van der Waals surface area (Å²) in [5, 5.41) is 4.91.